The van der Waals surface area contributed by atoms with Crippen LogP contribution in [0.5, 0.6) is 0 Å². The highest BCUT2D eigenvalue weighted by Crippen LogP contribution is 2.10. The normalized spacial score (nSPS) is 14.5. The first-order valence-electron chi connectivity index (χ1n) is 6.28. The molecule has 9 heteroatoms. The summed E-state index contributed by atoms with van der Waals surface area (Å²) in [5, 5.41) is 31.5. The highest BCUT2D eigenvalue weighted by Gasteiger charge is 2.31. The highest BCUT2D eigenvalue weighted by molar-refractivity contribution is 5.98. The Hall–Kier alpha value is -2.65. The number of carbonyl (C=O) groups excluding carboxylic acids is 2. The molecule has 0 aliphatic rings. The standard InChI is InChI=1S/C13H17N3O6/c1-6(15-12(20)9(17)10(18)13(21)22)11(19)16-8-4-2-7(14)3-5-8/h2-6,9-10,17-18H,14H2,1H3,(H,15,20)(H,16,19)(H,21,22)/t6-,9+,10+/m0/s1. The number of aliphatic carboxylic acids is 1. The first-order valence-corrected chi connectivity index (χ1v) is 6.28. The monoisotopic (exact) mass is 311 g/mol. The van der Waals surface area contributed by atoms with Gasteiger partial charge in [-0.15, -0.1) is 0 Å². The summed E-state index contributed by atoms with van der Waals surface area (Å²) in [6.45, 7) is 1.34. The smallest absolute Gasteiger partial charge is 0.335 e. The summed E-state index contributed by atoms with van der Waals surface area (Å²) in [5.74, 6) is -3.51. The van der Waals surface area contributed by atoms with Gasteiger partial charge in [0.15, 0.2) is 12.2 Å². The lowest BCUT2D eigenvalue weighted by Crippen LogP contribution is -2.51. The first-order chi connectivity index (χ1) is 10.2. The number of carbonyl (C=O) groups is 3. The van der Waals surface area contributed by atoms with E-state index >= 15 is 0 Å². The second-order valence-electron chi connectivity index (χ2n) is 4.57. The van der Waals surface area contributed by atoms with E-state index in [1.807, 2.05) is 0 Å². The number of carboxylic acid groups (broad SMARTS) is 1. The predicted octanol–water partition coefficient (Wildman–Crippen LogP) is -1.48. The van der Waals surface area contributed by atoms with Crippen LogP contribution in [0.15, 0.2) is 24.3 Å². The molecule has 0 aliphatic heterocycles. The number of nitrogen functional groups attached to an aromatic ring is 1. The molecule has 1 rings (SSSR count). The van der Waals surface area contributed by atoms with Crippen LogP contribution in [0.3, 0.4) is 0 Å². The summed E-state index contributed by atoms with van der Waals surface area (Å²) in [5.41, 5.74) is 6.47. The Balaban J connectivity index is 2.58. The van der Waals surface area contributed by atoms with Crippen molar-refractivity contribution < 1.29 is 29.7 Å². The van der Waals surface area contributed by atoms with E-state index in [0.717, 1.165) is 0 Å². The van der Waals surface area contributed by atoms with Gasteiger partial charge in [0, 0.05) is 11.4 Å². The number of amides is 2. The van der Waals surface area contributed by atoms with Gasteiger partial charge in [-0.2, -0.15) is 0 Å². The lowest BCUT2D eigenvalue weighted by atomic mass is 10.1. The maximum atomic E-state index is 11.8. The van der Waals surface area contributed by atoms with Gasteiger partial charge in [0.1, 0.15) is 6.04 Å². The molecule has 120 valence electrons. The van der Waals surface area contributed by atoms with Crippen LogP contribution in [0, 0.1) is 0 Å². The number of anilines is 2. The largest absolute Gasteiger partial charge is 0.479 e. The lowest BCUT2D eigenvalue weighted by Gasteiger charge is -2.18. The number of aliphatic hydroxyl groups is 2. The Morgan fingerprint density at radius 3 is 2.09 bits per heavy atom. The van der Waals surface area contributed by atoms with E-state index in [-0.39, 0.29) is 0 Å². The maximum Gasteiger partial charge on any atom is 0.335 e. The minimum absolute atomic E-state index is 0.450. The Morgan fingerprint density at radius 2 is 1.59 bits per heavy atom. The third-order valence-electron chi connectivity index (χ3n) is 2.75. The van der Waals surface area contributed by atoms with Crippen molar-refractivity contribution in [1.29, 1.82) is 0 Å². The van der Waals surface area contributed by atoms with Gasteiger partial charge in [-0.25, -0.2) is 4.79 Å². The fourth-order valence-electron chi connectivity index (χ4n) is 1.46. The third-order valence-corrected chi connectivity index (χ3v) is 2.75. The van der Waals surface area contributed by atoms with Crippen LogP contribution in [0.4, 0.5) is 11.4 Å². The summed E-state index contributed by atoms with van der Waals surface area (Å²) in [6, 6.07) is 5.22. The summed E-state index contributed by atoms with van der Waals surface area (Å²) in [7, 11) is 0. The molecule has 1 aromatic carbocycles. The second-order valence-corrected chi connectivity index (χ2v) is 4.57. The topological polar surface area (TPSA) is 162 Å². The molecule has 0 saturated carbocycles. The molecular weight excluding hydrogens is 294 g/mol. The summed E-state index contributed by atoms with van der Waals surface area (Å²) in [4.78, 5) is 33.8. The van der Waals surface area contributed by atoms with Crippen LogP contribution in [0.25, 0.3) is 0 Å². The zero-order chi connectivity index (χ0) is 16.9. The van der Waals surface area contributed by atoms with Crippen molar-refractivity contribution in [3.8, 4) is 0 Å². The zero-order valence-corrected chi connectivity index (χ0v) is 11.7. The van der Waals surface area contributed by atoms with Crippen molar-refractivity contribution >= 4 is 29.2 Å². The minimum atomic E-state index is -2.27. The van der Waals surface area contributed by atoms with E-state index in [0.29, 0.717) is 11.4 Å². The Morgan fingerprint density at radius 1 is 1.05 bits per heavy atom. The third kappa shape index (κ3) is 4.72. The molecule has 7 N–H and O–H groups in total. The first kappa shape index (κ1) is 17.4. The minimum Gasteiger partial charge on any atom is -0.479 e. The predicted molar refractivity (Wildman–Crippen MR) is 76.7 cm³/mol. The number of benzene rings is 1. The number of carboxylic acids is 1. The molecule has 0 saturated heterocycles. The highest BCUT2D eigenvalue weighted by atomic mass is 16.4. The summed E-state index contributed by atoms with van der Waals surface area (Å²) in [6.07, 6.45) is -4.45. The molecule has 3 atom stereocenters. The summed E-state index contributed by atoms with van der Waals surface area (Å²) >= 11 is 0. The lowest BCUT2D eigenvalue weighted by molar-refractivity contribution is -0.158. The van der Waals surface area contributed by atoms with Gasteiger partial charge in [-0.3, -0.25) is 9.59 Å². The molecule has 1 aromatic rings. The maximum absolute atomic E-state index is 11.8. The van der Waals surface area contributed by atoms with E-state index in [9.17, 15) is 19.5 Å². The van der Waals surface area contributed by atoms with E-state index in [4.69, 9.17) is 15.9 Å². The number of nitrogens with two attached hydrogens (primary N) is 1. The second kappa shape index (κ2) is 7.38. The number of hydrogen-bond donors (Lipinski definition) is 6. The molecule has 0 fully saturated rings. The SMILES string of the molecule is C[C@H](NC(=O)[C@H](O)[C@@H](O)C(=O)O)C(=O)Nc1ccc(N)cc1. The van der Waals surface area contributed by atoms with E-state index in [1.54, 1.807) is 24.3 Å². The van der Waals surface area contributed by atoms with E-state index in [1.165, 1.54) is 6.92 Å². The number of rotatable bonds is 6. The average Bonchev–Trinajstić information content (AvgIpc) is 2.47. The molecular formula is C13H17N3O6. The van der Waals surface area contributed by atoms with E-state index < -0.39 is 36.0 Å². The Labute approximate surface area is 125 Å². The van der Waals surface area contributed by atoms with Gasteiger partial charge in [0.05, 0.1) is 0 Å². The van der Waals surface area contributed by atoms with Crippen molar-refractivity contribution in [2.45, 2.75) is 25.2 Å². The van der Waals surface area contributed by atoms with Crippen molar-refractivity contribution in [2.24, 2.45) is 0 Å². The fraction of sp³-hybridized carbons (Fsp3) is 0.308. The zero-order valence-electron chi connectivity index (χ0n) is 11.7. The van der Waals surface area contributed by atoms with Crippen LogP contribution in [0.1, 0.15) is 6.92 Å². The van der Waals surface area contributed by atoms with Gasteiger partial charge in [-0.05, 0) is 31.2 Å². The number of nitrogens with one attached hydrogen (secondary N) is 2. The molecule has 0 aromatic heterocycles. The summed E-state index contributed by atoms with van der Waals surface area (Å²) < 4.78 is 0. The van der Waals surface area contributed by atoms with Crippen LogP contribution in [-0.2, 0) is 14.4 Å². The van der Waals surface area contributed by atoms with Crippen LogP contribution in [0.2, 0.25) is 0 Å². The van der Waals surface area contributed by atoms with Crippen molar-refractivity contribution in [3.05, 3.63) is 24.3 Å². The molecule has 9 nitrogen and oxygen atoms in total. The molecule has 0 aliphatic carbocycles. The van der Waals surface area contributed by atoms with Crippen molar-refractivity contribution in [3.63, 3.8) is 0 Å². The van der Waals surface area contributed by atoms with Crippen molar-refractivity contribution in [2.75, 3.05) is 11.1 Å². The Kier molecular flexibility index (Phi) is 5.84. The van der Waals surface area contributed by atoms with Gasteiger partial charge >= 0.3 is 5.97 Å². The molecule has 22 heavy (non-hydrogen) atoms. The molecule has 0 unspecified atom stereocenters. The van der Waals surface area contributed by atoms with Gasteiger partial charge in [-0.1, -0.05) is 0 Å². The van der Waals surface area contributed by atoms with Gasteiger partial charge < -0.3 is 31.7 Å². The number of hydrogen-bond acceptors (Lipinski definition) is 6. The van der Waals surface area contributed by atoms with Crippen LogP contribution in [-0.4, -0.2) is 51.4 Å². The fourth-order valence-corrected chi connectivity index (χ4v) is 1.46. The number of aliphatic hydroxyl groups excluding tert-OH is 2. The van der Waals surface area contributed by atoms with Crippen LogP contribution < -0.4 is 16.4 Å². The van der Waals surface area contributed by atoms with Crippen LogP contribution >= 0.6 is 0 Å². The molecule has 2 amide bonds. The molecule has 0 bridgehead atoms. The molecule has 0 spiro atoms. The Bertz CT molecular complexity index is 559. The molecule has 0 radical (unpaired) electrons. The molecule has 0 heterocycles. The van der Waals surface area contributed by atoms with Crippen molar-refractivity contribution in [1.82, 2.24) is 5.32 Å². The van der Waals surface area contributed by atoms with Gasteiger partial charge in [0.25, 0.3) is 5.91 Å². The average molecular weight is 311 g/mol. The van der Waals surface area contributed by atoms with Gasteiger partial charge in [0.2, 0.25) is 5.91 Å². The van der Waals surface area contributed by atoms with E-state index in [2.05, 4.69) is 10.6 Å². The quantitative estimate of drug-likeness (QED) is 0.349.